The Morgan fingerprint density at radius 3 is 2.65 bits per heavy atom. The number of nitrogens with two attached hydrogens (primary N) is 1. The number of benzene rings is 1. The summed E-state index contributed by atoms with van der Waals surface area (Å²) in [6.45, 7) is 4.14. The molecule has 0 saturated heterocycles. The molecule has 2 N–H and O–H groups in total. The summed E-state index contributed by atoms with van der Waals surface area (Å²) in [7, 11) is 0. The molecule has 1 aromatic heterocycles. The van der Waals surface area contributed by atoms with E-state index >= 15 is 0 Å². The van der Waals surface area contributed by atoms with Crippen LogP contribution in [0.5, 0.6) is 0 Å². The maximum absolute atomic E-state index is 5.64. The van der Waals surface area contributed by atoms with Gasteiger partial charge >= 0.3 is 0 Å². The van der Waals surface area contributed by atoms with Crippen molar-refractivity contribution in [1.29, 1.82) is 0 Å². The van der Waals surface area contributed by atoms with Gasteiger partial charge in [0.15, 0.2) is 0 Å². The zero-order valence-corrected chi connectivity index (χ0v) is 10.7. The average molecular weight is 248 g/mol. The van der Waals surface area contributed by atoms with Gasteiger partial charge in [0, 0.05) is 31.2 Å². The number of aromatic nitrogens is 2. The fourth-order valence-electron chi connectivity index (χ4n) is 1.62. The first-order valence-corrected chi connectivity index (χ1v) is 6.36. The Morgan fingerprint density at radius 2 is 2.06 bits per heavy atom. The lowest BCUT2D eigenvalue weighted by atomic mass is 10.2. The normalized spacial score (nSPS) is 10.5. The molecule has 17 heavy (non-hydrogen) atoms. The van der Waals surface area contributed by atoms with Crippen molar-refractivity contribution in [2.24, 2.45) is 5.73 Å². The van der Waals surface area contributed by atoms with Crippen molar-refractivity contribution in [2.75, 3.05) is 18.0 Å². The SMILES string of the molecule is Cc1nsc(N(CCN)Cc2ccccc2)n1. The molecule has 2 aromatic rings. The summed E-state index contributed by atoms with van der Waals surface area (Å²) in [6, 6.07) is 10.3. The fraction of sp³-hybridized carbons (Fsp3) is 0.333. The molecule has 1 heterocycles. The van der Waals surface area contributed by atoms with Gasteiger partial charge in [0.05, 0.1) is 0 Å². The second kappa shape index (κ2) is 5.75. The van der Waals surface area contributed by atoms with E-state index in [1.54, 1.807) is 0 Å². The first-order valence-electron chi connectivity index (χ1n) is 5.59. The van der Waals surface area contributed by atoms with Crippen molar-refractivity contribution in [1.82, 2.24) is 9.36 Å². The molecule has 0 bridgehead atoms. The minimum absolute atomic E-state index is 0.617. The van der Waals surface area contributed by atoms with E-state index in [0.717, 1.165) is 24.0 Å². The van der Waals surface area contributed by atoms with E-state index < -0.39 is 0 Å². The summed E-state index contributed by atoms with van der Waals surface area (Å²) < 4.78 is 4.21. The first-order chi connectivity index (χ1) is 8.29. The third-order valence-corrected chi connectivity index (χ3v) is 3.27. The topological polar surface area (TPSA) is 55.0 Å². The largest absolute Gasteiger partial charge is 0.341 e. The van der Waals surface area contributed by atoms with E-state index in [1.165, 1.54) is 17.1 Å². The predicted octanol–water partition coefficient (Wildman–Crippen LogP) is 1.81. The molecule has 0 radical (unpaired) electrons. The summed E-state index contributed by atoms with van der Waals surface area (Å²) in [5.41, 5.74) is 6.90. The number of rotatable bonds is 5. The van der Waals surface area contributed by atoms with Gasteiger partial charge < -0.3 is 10.6 Å². The highest BCUT2D eigenvalue weighted by molar-refractivity contribution is 7.09. The monoisotopic (exact) mass is 248 g/mol. The van der Waals surface area contributed by atoms with Crippen molar-refractivity contribution < 1.29 is 0 Å². The minimum atomic E-state index is 0.617. The highest BCUT2D eigenvalue weighted by Crippen LogP contribution is 2.18. The molecule has 0 aliphatic carbocycles. The molecule has 2 rings (SSSR count). The van der Waals surface area contributed by atoms with Crippen molar-refractivity contribution in [3.63, 3.8) is 0 Å². The molecule has 0 aliphatic rings. The van der Waals surface area contributed by atoms with E-state index in [2.05, 4.69) is 26.4 Å². The Morgan fingerprint density at radius 1 is 1.29 bits per heavy atom. The smallest absolute Gasteiger partial charge is 0.205 e. The van der Waals surface area contributed by atoms with E-state index in [1.807, 2.05) is 25.1 Å². The van der Waals surface area contributed by atoms with E-state index in [9.17, 15) is 0 Å². The molecule has 90 valence electrons. The predicted molar refractivity (Wildman–Crippen MR) is 71.2 cm³/mol. The van der Waals surface area contributed by atoms with Crippen LogP contribution < -0.4 is 10.6 Å². The molecule has 0 aliphatic heterocycles. The molecular weight excluding hydrogens is 232 g/mol. The Hall–Kier alpha value is -1.46. The molecule has 0 atom stereocenters. The van der Waals surface area contributed by atoms with Crippen molar-refractivity contribution in [3.05, 3.63) is 41.7 Å². The lowest BCUT2D eigenvalue weighted by Crippen LogP contribution is -2.28. The second-order valence-corrected chi connectivity index (χ2v) is 4.55. The second-order valence-electron chi connectivity index (χ2n) is 3.82. The van der Waals surface area contributed by atoms with Crippen molar-refractivity contribution in [3.8, 4) is 0 Å². The molecule has 5 heteroatoms. The van der Waals surface area contributed by atoms with Crippen LogP contribution in [-0.2, 0) is 6.54 Å². The molecule has 0 spiro atoms. The van der Waals surface area contributed by atoms with Crippen LogP contribution in [0.3, 0.4) is 0 Å². The number of anilines is 1. The highest BCUT2D eigenvalue weighted by Gasteiger charge is 2.10. The van der Waals surface area contributed by atoms with E-state index in [0.29, 0.717) is 6.54 Å². The maximum Gasteiger partial charge on any atom is 0.205 e. The lowest BCUT2D eigenvalue weighted by molar-refractivity contribution is 0.784. The van der Waals surface area contributed by atoms with Crippen molar-refractivity contribution in [2.45, 2.75) is 13.5 Å². The molecule has 0 unspecified atom stereocenters. The molecule has 4 nitrogen and oxygen atoms in total. The Kier molecular flexibility index (Phi) is 4.06. The van der Waals surface area contributed by atoms with Crippen LogP contribution in [0.4, 0.5) is 5.13 Å². The quantitative estimate of drug-likeness (QED) is 0.877. The molecule has 1 aromatic carbocycles. The van der Waals surface area contributed by atoms with E-state index in [4.69, 9.17) is 5.73 Å². The zero-order chi connectivity index (χ0) is 12.1. The molecule has 0 amide bonds. The van der Waals surface area contributed by atoms with Gasteiger partial charge in [-0.05, 0) is 12.5 Å². The Balaban J connectivity index is 2.13. The minimum Gasteiger partial charge on any atom is -0.341 e. The van der Waals surface area contributed by atoms with Gasteiger partial charge in [-0.3, -0.25) is 0 Å². The summed E-state index contributed by atoms with van der Waals surface area (Å²) in [6.07, 6.45) is 0. The van der Waals surface area contributed by atoms with Crippen LogP contribution in [0, 0.1) is 6.92 Å². The Bertz CT molecular complexity index is 455. The molecule has 0 saturated carbocycles. The van der Waals surface area contributed by atoms with Gasteiger partial charge in [0.2, 0.25) is 5.13 Å². The average Bonchev–Trinajstić information content (AvgIpc) is 2.77. The first kappa shape index (κ1) is 12.0. The third-order valence-electron chi connectivity index (χ3n) is 2.40. The summed E-state index contributed by atoms with van der Waals surface area (Å²) in [5, 5.41) is 0.941. The zero-order valence-electron chi connectivity index (χ0n) is 9.84. The number of aryl methyl sites for hydroxylation is 1. The lowest BCUT2D eigenvalue weighted by Gasteiger charge is -2.20. The van der Waals surface area contributed by atoms with Crippen LogP contribution in [0.25, 0.3) is 0 Å². The third kappa shape index (κ3) is 3.25. The molecular formula is C12H16N4S. The van der Waals surface area contributed by atoms with Crippen LogP contribution in [0.2, 0.25) is 0 Å². The van der Waals surface area contributed by atoms with Gasteiger partial charge in [-0.2, -0.15) is 4.37 Å². The Labute approximate surface area is 105 Å². The summed E-state index contributed by atoms with van der Waals surface area (Å²) in [4.78, 5) is 6.57. The van der Waals surface area contributed by atoms with Gasteiger partial charge in [-0.25, -0.2) is 4.98 Å². The van der Waals surface area contributed by atoms with Gasteiger partial charge in [0.1, 0.15) is 5.82 Å². The number of nitrogens with zero attached hydrogens (tertiary/aromatic N) is 3. The summed E-state index contributed by atoms with van der Waals surface area (Å²) >= 11 is 1.43. The van der Waals surface area contributed by atoms with Crippen LogP contribution in [0.15, 0.2) is 30.3 Å². The number of hydrogen-bond acceptors (Lipinski definition) is 5. The standard InChI is InChI=1S/C12H16N4S/c1-10-14-12(17-15-10)16(8-7-13)9-11-5-3-2-4-6-11/h2-6H,7-9,13H2,1H3. The van der Waals surface area contributed by atoms with Gasteiger partial charge in [0.25, 0.3) is 0 Å². The van der Waals surface area contributed by atoms with Gasteiger partial charge in [-0.1, -0.05) is 30.3 Å². The number of hydrogen-bond donors (Lipinski definition) is 1. The van der Waals surface area contributed by atoms with Crippen LogP contribution in [0.1, 0.15) is 11.4 Å². The van der Waals surface area contributed by atoms with Crippen LogP contribution >= 0.6 is 11.5 Å². The maximum atomic E-state index is 5.64. The van der Waals surface area contributed by atoms with E-state index in [-0.39, 0.29) is 0 Å². The highest BCUT2D eigenvalue weighted by atomic mass is 32.1. The van der Waals surface area contributed by atoms with Crippen LogP contribution in [-0.4, -0.2) is 22.4 Å². The fourth-order valence-corrected chi connectivity index (χ4v) is 2.32. The molecule has 0 fully saturated rings. The van der Waals surface area contributed by atoms with Crippen molar-refractivity contribution >= 4 is 16.7 Å². The van der Waals surface area contributed by atoms with Gasteiger partial charge in [-0.15, -0.1) is 0 Å². The summed E-state index contributed by atoms with van der Waals surface area (Å²) in [5.74, 6) is 0.820.